The van der Waals surface area contributed by atoms with Crippen LogP contribution in [0.1, 0.15) is 24.0 Å². The van der Waals surface area contributed by atoms with Crippen LogP contribution in [0.15, 0.2) is 65.1 Å². The molecule has 0 radical (unpaired) electrons. The Morgan fingerprint density at radius 3 is 2.42 bits per heavy atom. The van der Waals surface area contributed by atoms with Crippen molar-refractivity contribution in [1.29, 1.82) is 0 Å². The molecule has 2 aromatic rings. The summed E-state index contributed by atoms with van der Waals surface area (Å²) >= 11 is 0. The highest BCUT2D eigenvalue weighted by Gasteiger charge is 2.39. The van der Waals surface area contributed by atoms with Gasteiger partial charge in [0.1, 0.15) is 0 Å². The molecular formula is C20H21NO2S. The number of sulfonamides is 1. The van der Waals surface area contributed by atoms with Crippen LogP contribution in [-0.2, 0) is 10.0 Å². The fourth-order valence-corrected chi connectivity index (χ4v) is 5.30. The lowest BCUT2D eigenvalue weighted by Crippen LogP contribution is -2.29. The van der Waals surface area contributed by atoms with Gasteiger partial charge in [-0.15, -0.1) is 0 Å². The van der Waals surface area contributed by atoms with Crippen molar-refractivity contribution < 1.29 is 8.42 Å². The molecule has 1 aliphatic carbocycles. The third-order valence-electron chi connectivity index (χ3n) is 5.17. The Balaban J connectivity index is 1.66. The number of aryl methyl sites for hydroxylation is 1. The van der Waals surface area contributed by atoms with Crippen LogP contribution in [0.4, 0.5) is 0 Å². The molecule has 1 atom stereocenters. The molecule has 0 aromatic heterocycles. The number of nitrogens with zero attached hydrogens (tertiary/aromatic N) is 1. The predicted molar refractivity (Wildman–Crippen MR) is 96.0 cm³/mol. The van der Waals surface area contributed by atoms with E-state index < -0.39 is 10.0 Å². The Kier molecular flexibility index (Phi) is 3.82. The molecule has 124 valence electrons. The fraction of sp³-hybridized carbons (Fsp3) is 0.300. The Morgan fingerprint density at radius 1 is 1.00 bits per heavy atom. The van der Waals surface area contributed by atoms with Gasteiger partial charge >= 0.3 is 0 Å². The predicted octanol–water partition coefficient (Wildman–Crippen LogP) is 3.86. The Labute approximate surface area is 143 Å². The van der Waals surface area contributed by atoms with Gasteiger partial charge in [-0.2, -0.15) is 4.31 Å². The van der Waals surface area contributed by atoms with Gasteiger partial charge in [-0.1, -0.05) is 48.0 Å². The van der Waals surface area contributed by atoms with E-state index in [9.17, 15) is 8.42 Å². The van der Waals surface area contributed by atoms with Crippen LogP contribution < -0.4 is 0 Å². The second kappa shape index (κ2) is 5.87. The lowest BCUT2D eigenvalue weighted by atomic mass is 10.0. The Morgan fingerprint density at radius 2 is 1.71 bits per heavy atom. The van der Waals surface area contributed by atoms with Crippen molar-refractivity contribution >= 4 is 15.6 Å². The van der Waals surface area contributed by atoms with E-state index in [1.54, 1.807) is 16.4 Å². The molecule has 1 saturated heterocycles. The molecule has 1 aliphatic heterocycles. The summed E-state index contributed by atoms with van der Waals surface area (Å²) in [6, 6.07) is 17.5. The minimum atomic E-state index is -3.40. The molecular weight excluding hydrogens is 318 g/mol. The summed E-state index contributed by atoms with van der Waals surface area (Å²) in [4.78, 5) is 0.398. The summed E-state index contributed by atoms with van der Waals surface area (Å²) in [7, 11) is -3.40. The van der Waals surface area contributed by atoms with Crippen molar-refractivity contribution in [3.63, 3.8) is 0 Å². The van der Waals surface area contributed by atoms with Gasteiger partial charge in [-0.25, -0.2) is 8.42 Å². The standard InChI is InChI=1S/C20H21NO2S/c1-15-7-10-18(11-8-15)24(22,23)21-13-17-9-12-19(20(17)14-21)16-5-3-2-4-6-16/h2-8,10-11,17H,9,12-14H2,1H3. The maximum atomic E-state index is 12.9. The number of hydrogen-bond donors (Lipinski definition) is 0. The van der Waals surface area contributed by atoms with Crippen molar-refractivity contribution in [2.45, 2.75) is 24.7 Å². The van der Waals surface area contributed by atoms with Crippen molar-refractivity contribution in [3.05, 3.63) is 71.3 Å². The maximum Gasteiger partial charge on any atom is 0.243 e. The average Bonchev–Trinajstić information content (AvgIpc) is 3.17. The molecule has 1 unspecified atom stereocenters. The monoisotopic (exact) mass is 339 g/mol. The molecule has 0 amide bonds. The van der Waals surface area contributed by atoms with E-state index in [1.807, 2.05) is 37.3 Å². The van der Waals surface area contributed by atoms with Gasteiger partial charge in [-0.05, 0) is 54.5 Å². The van der Waals surface area contributed by atoms with E-state index in [2.05, 4.69) is 12.1 Å². The minimum Gasteiger partial charge on any atom is -0.207 e. The van der Waals surface area contributed by atoms with E-state index in [0.717, 1.165) is 18.4 Å². The Bertz CT molecular complexity index is 883. The largest absolute Gasteiger partial charge is 0.243 e. The van der Waals surface area contributed by atoms with Gasteiger partial charge in [-0.3, -0.25) is 0 Å². The van der Waals surface area contributed by atoms with Crippen LogP contribution in [0.5, 0.6) is 0 Å². The first-order valence-corrected chi connectivity index (χ1v) is 9.84. The summed E-state index contributed by atoms with van der Waals surface area (Å²) in [5.41, 5.74) is 4.98. The summed E-state index contributed by atoms with van der Waals surface area (Å²) in [6.07, 6.45) is 2.11. The topological polar surface area (TPSA) is 37.4 Å². The number of hydrogen-bond acceptors (Lipinski definition) is 2. The maximum absolute atomic E-state index is 12.9. The minimum absolute atomic E-state index is 0.375. The molecule has 4 rings (SSSR count). The molecule has 2 aromatic carbocycles. The molecule has 0 spiro atoms. The van der Waals surface area contributed by atoms with Gasteiger partial charge in [0.15, 0.2) is 0 Å². The molecule has 0 saturated carbocycles. The Hall–Kier alpha value is -1.91. The first kappa shape index (κ1) is 15.6. The SMILES string of the molecule is Cc1ccc(S(=O)(=O)N2CC3=C(c4ccccc4)CCC3C2)cc1. The highest BCUT2D eigenvalue weighted by Crippen LogP contribution is 2.43. The smallest absolute Gasteiger partial charge is 0.207 e. The summed E-state index contributed by atoms with van der Waals surface area (Å²) in [5, 5.41) is 0. The van der Waals surface area contributed by atoms with Gasteiger partial charge in [0.05, 0.1) is 4.90 Å². The quantitative estimate of drug-likeness (QED) is 0.851. The second-order valence-electron chi connectivity index (χ2n) is 6.72. The lowest BCUT2D eigenvalue weighted by molar-refractivity contribution is 0.451. The normalized spacial score (nSPS) is 21.3. The van der Waals surface area contributed by atoms with E-state index in [0.29, 0.717) is 23.9 Å². The third-order valence-corrected chi connectivity index (χ3v) is 7.00. The van der Waals surface area contributed by atoms with Gasteiger partial charge in [0.25, 0.3) is 0 Å². The number of rotatable bonds is 3. The van der Waals surface area contributed by atoms with Crippen LogP contribution >= 0.6 is 0 Å². The molecule has 4 heteroatoms. The summed E-state index contributed by atoms with van der Waals surface area (Å²) in [5.74, 6) is 0.375. The molecule has 0 bridgehead atoms. The van der Waals surface area contributed by atoms with Crippen LogP contribution in [0, 0.1) is 12.8 Å². The first-order chi connectivity index (χ1) is 11.6. The van der Waals surface area contributed by atoms with Crippen molar-refractivity contribution in [2.75, 3.05) is 13.1 Å². The van der Waals surface area contributed by atoms with Crippen molar-refractivity contribution in [2.24, 2.45) is 5.92 Å². The number of allylic oxidation sites excluding steroid dienone is 1. The highest BCUT2D eigenvalue weighted by atomic mass is 32.2. The van der Waals surface area contributed by atoms with Crippen molar-refractivity contribution in [1.82, 2.24) is 4.31 Å². The van der Waals surface area contributed by atoms with Crippen LogP contribution in [0.2, 0.25) is 0 Å². The van der Waals surface area contributed by atoms with Crippen molar-refractivity contribution in [3.8, 4) is 0 Å². The zero-order chi connectivity index (χ0) is 16.7. The van der Waals surface area contributed by atoms with Gasteiger partial charge in [0.2, 0.25) is 10.0 Å². The first-order valence-electron chi connectivity index (χ1n) is 8.40. The number of benzene rings is 2. The lowest BCUT2D eigenvalue weighted by Gasteiger charge is -2.17. The van der Waals surface area contributed by atoms with Gasteiger partial charge < -0.3 is 0 Å². The van der Waals surface area contributed by atoms with E-state index >= 15 is 0 Å². The molecule has 2 aliphatic rings. The molecule has 3 nitrogen and oxygen atoms in total. The molecule has 1 heterocycles. The molecule has 1 fully saturated rings. The second-order valence-corrected chi connectivity index (χ2v) is 8.65. The highest BCUT2D eigenvalue weighted by molar-refractivity contribution is 7.89. The number of fused-ring (bicyclic) bond motifs is 1. The summed E-state index contributed by atoms with van der Waals surface area (Å²) < 4.78 is 27.5. The third kappa shape index (κ3) is 2.60. The molecule has 24 heavy (non-hydrogen) atoms. The van der Waals surface area contributed by atoms with Crippen LogP contribution in [-0.4, -0.2) is 25.8 Å². The average molecular weight is 339 g/mol. The summed E-state index contributed by atoms with van der Waals surface area (Å²) in [6.45, 7) is 3.11. The van der Waals surface area contributed by atoms with Crippen LogP contribution in [0.25, 0.3) is 5.57 Å². The van der Waals surface area contributed by atoms with E-state index in [1.165, 1.54) is 16.7 Å². The molecule has 0 N–H and O–H groups in total. The fourth-order valence-electron chi connectivity index (χ4n) is 3.84. The van der Waals surface area contributed by atoms with E-state index in [-0.39, 0.29) is 0 Å². The zero-order valence-electron chi connectivity index (χ0n) is 13.8. The van der Waals surface area contributed by atoms with E-state index in [4.69, 9.17) is 0 Å². The van der Waals surface area contributed by atoms with Crippen LogP contribution in [0.3, 0.4) is 0 Å². The van der Waals surface area contributed by atoms with Gasteiger partial charge in [0, 0.05) is 13.1 Å². The zero-order valence-corrected chi connectivity index (χ0v) is 14.6.